The molecule has 0 unspecified atom stereocenters. The Balaban J connectivity index is 2.25. The molecule has 0 atom stereocenters. The van der Waals surface area contributed by atoms with Gasteiger partial charge in [-0.3, -0.25) is 4.99 Å². The number of ether oxygens (including phenoxy) is 1. The summed E-state index contributed by atoms with van der Waals surface area (Å²) < 4.78 is 5.74. The summed E-state index contributed by atoms with van der Waals surface area (Å²) in [5.74, 6) is 1.99. The molecule has 0 aromatic heterocycles. The molecule has 0 bridgehead atoms. The van der Waals surface area contributed by atoms with E-state index in [9.17, 15) is 0 Å². The maximum Gasteiger partial charge on any atom is 0.134 e. The lowest BCUT2D eigenvalue weighted by Gasteiger charge is -2.16. The fourth-order valence-electron chi connectivity index (χ4n) is 1.81. The van der Waals surface area contributed by atoms with Crippen LogP contribution in [-0.2, 0) is 0 Å². The summed E-state index contributed by atoms with van der Waals surface area (Å²) in [6.45, 7) is 4.75. The van der Waals surface area contributed by atoms with Gasteiger partial charge in [-0.15, -0.1) is 0 Å². The summed E-state index contributed by atoms with van der Waals surface area (Å²) in [5, 5.41) is 0. The molecule has 1 aromatic carbocycles. The van der Waals surface area contributed by atoms with Crippen LogP contribution >= 0.6 is 0 Å². The first-order valence-electron chi connectivity index (χ1n) is 5.80. The van der Waals surface area contributed by atoms with Crippen molar-refractivity contribution in [3.8, 4) is 5.75 Å². The van der Waals surface area contributed by atoms with Gasteiger partial charge in [0.2, 0.25) is 0 Å². The van der Waals surface area contributed by atoms with Gasteiger partial charge in [0.1, 0.15) is 11.6 Å². The minimum absolute atomic E-state index is 0.758. The lowest BCUT2D eigenvalue weighted by molar-refractivity contribution is 0.316. The molecule has 0 amide bonds. The monoisotopic (exact) mass is 218 g/mol. The summed E-state index contributed by atoms with van der Waals surface area (Å²) in [6.07, 6.45) is 1.02. The number of rotatable bonds is 4. The molecule has 1 aromatic rings. The van der Waals surface area contributed by atoms with Gasteiger partial charge in [-0.05, 0) is 18.6 Å². The van der Waals surface area contributed by atoms with Crippen LogP contribution in [0.5, 0.6) is 5.75 Å². The summed E-state index contributed by atoms with van der Waals surface area (Å²) in [5.41, 5.74) is 1.11. The third-order valence-electron chi connectivity index (χ3n) is 2.65. The maximum atomic E-state index is 5.74. The molecule has 16 heavy (non-hydrogen) atoms. The van der Waals surface area contributed by atoms with E-state index in [1.807, 2.05) is 18.2 Å². The zero-order valence-electron chi connectivity index (χ0n) is 9.94. The van der Waals surface area contributed by atoms with Gasteiger partial charge in [-0.2, -0.15) is 0 Å². The molecule has 1 aliphatic rings. The Bertz CT molecular complexity index is 387. The first kappa shape index (κ1) is 11.0. The van der Waals surface area contributed by atoms with E-state index in [4.69, 9.17) is 4.74 Å². The molecule has 0 fully saturated rings. The summed E-state index contributed by atoms with van der Waals surface area (Å²) in [6, 6.07) is 8.12. The highest BCUT2D eigenvalue weighted by molar-refractivity contribution is 6.01. The molecular weight excluding hydrogens is 200 g/mol. The highest BCUT2D eigenvalue weighted by Gasteiger charge is 2.17. The van der Waals surface area contributed by atoms with Gasteiger partial charge >= 0.3 is 0 Å². The molecule has 0 saturated carbocycles. The van der Waals surface area contributed by atoms with E-state index >= 15 is 0 Å². The minimum atomic E-state index is 0.758. The second-order valence-electron chi connectivity index (χ2n) is 3.97. The number of nitrogens with zero attached hydrogens (tertiary/aromatic N) is 2. The van der Waals surface area contributed by atoms with Crippen molar-refractivity contribution in [2.75, 3.05) is 26.7 Å². The third kappa shape index (κ3) is 2.18. The number of hydrogen-bond donors (Lipinski definition) is 0. The van der Waals surface area contributed by atoms with Crippen LogP contribution in [0.3, 0.4) is 0 Å². The number of hydrogen-bond acceptors (Lipinski definition) is 3. The largest absolute Gasteiger partial charge is 0.493 e. The molecule has 0 N–H and O–H groups in total. The molecular formula is C13H18N2O. The van der Waals surface area contributed by atoms with Crippen LogP contribution in [0, 0.1) is 0 Å². The van der Waals surface area contributed by atoms with E-state index in [1.54, 1.807) is 0 Å². The number of para-hydroxylation sites is 1. The van der Waals surface area contributed by atoms with Gasteiger partial charge < -0.3 is 9.64 Å². The zero-order chi connectivity index (χ0) is 11.4. The smallest absolute Gasteiger partial charge is 0.134 e. The van der Waals surface area contributed by atoms with Crippen LogP contribution in [0.4, 0.5) is 0 Å². The summed E-state index contributed by atoms with van der Waals surface area (Å²) in [4.78, 5) is 6.69. The fraction of sp³-hybridized carbons (Fsp3) is 0.462. The minimum Gasteiger partial charge on any atom is -0.493 e. The second kappa shape index (κ2) is 5.01. The average Bonchev–Trinajstić information content (AvgIpc) is 2.73. The Labute approximate surface area is 96.7 Å². The Morgan fingerprint density at radius 2 is 2.19 bits per heavy atom. The first-order valence-corrected chi connectivity index (χ1v) is 5.80. The Morgan fingerprint density at radius 1 is 1.38 bits per heavy atom. The molecule has 3 heteroatoms. The summed E-state index contributed by atoms with van der Waals surface area (Å²) >= 11 is 0. The van der Waals surface area contributed by atoms with Gasteiger partial charge in [-0.25, -0.2) is 0 Å². The predicted octanol–water partition coefficient (Wildman–Crippen LogP) is 2.17. The molecule has 1 aliphatic heterocycles. The van der Waals surface area contributed by atoms with Crippen molar-refractivity contribution in [1.29, 1.82) is 0 Å². The zero-order valence-corrected chi connectivity index (χ0v) is 9.94. The third-order valence-corrected chi connectivity index (χ3v) is 2.65. The van der Waals surface area contributed by atoms with Crippen molar-refractivity contribution < 1.29 is 4.74 Å². The van der Waals surface area contributed by atoms with Crippen molar-refractivity contribution in [3.63, 3.8) is 0 Å². The maximum absolute atomic E-state index is 5.74. The molecule has 0 aliphatic carbocycles. The Hall–Kier alpha value is -1.51. The van der Waals surface area contributed by atoms with E-state index in [-0.39, 0.29) is 0 Å². The molecule has 0 spiro atoms. The predicted molar refractivity (Wildman–Crippen MR) is 66.3 cm³/mol. The molecule has 3 nitrogen and oxygen atoms in total. The van der Waals surface area contributed by atoms with Crippen LogP contribution in [-0.4, -0.2) is 37.5 Å². The number of aliphatic imine (C=N–C) groups is 1. The lowest BCUT2D eigenvalue weighted by atomic mass is 10.1. The van der Waals surface area contributed by atoms with E-state index in [0.717, 1.165) is 43.3 Å². The van der Waals surface area contributed by atoms with Crippen LogP contribution in [0.25, 0.3) is 0 Å². The normalized spacial score (nSPS) is 15.1. The van der Waals surface area contributed by atoms with Gasteiger partial charge in [0.05, 0.1) is 18.7 Å². The molecule has 0 saturated heterocycles. The van der Waals surface area contributed by atoms with E-state index in [0.29, 0.717) is 0 Å². The van der Waals surface area contributed by atoms with Gasteiger partial charge in [-0.1, -0.05) is 19.1 Å². The van der Waals surface area contributed by atoms with Crippen molar-refractivity contribution in [1.82, 2.24) is 4.90 Å². The van der Waals surface area contributed by atoms with Crippen LogP contribution in [0.15, 0.2) is 29.3 Å². The molecule has 1 heterocycles. The SMILES string of the molecule is CCCOc1ccccc1C1=NCCN1C. The van der Waals surface area contributed by atoms with Crippen molar-refractivity contribution >= 4 is 5.84 Å². The molecule has 0 radical (unpaired) electrons. The van der Waals surface area contributed by atoms with Gasteiger partial charge in [0.25, 0.3) is 0 Å². The highest BCUT2D eigenvalue weighted by Crippen LogP contribution is 2.21. The van der Waals surface area contributed by atoms with E-state index in [2.05, 4.69) is 29.9 Å². The van der Waals surface area contributed by atoms with E-state index < -0.39 is 0 Å². The van der Waals surface area contributed by atoms with Crippen LogP contribution in [0.1, 0.15) is 18.9 Å². The molecule has 86 valence electrons. The topological polar surface area (TPSA) is 24.8 Å². The Kier molecular flexibility index (Phi) is 3.44. The van der Waals surface area contributed by atoms with E-state index in [1.165, 1.54) is 0 Å². The number of benzene rings is 1. The molecule has 2 rings (SSSR count). The standard InChI is InChI=1S/C13H18N2O/c1-3-10-16-12-7-5-4-6-11(12)13-14-8-9-15(13)2/h4-7H,3,8-10H2,1-2H3. The Morgan fingerprint density at radius 3 is 2.88 bits per heavy atom. The average molecular weight is 218 g/mol. The number of amidine groups is 1. The lowest BCUT2D eigenvalue weighted by Crippen LogP contribution is -2.24. The van der Waals surface area contributed by atoms with Crippen molar-refractivity contribution in [2.45, 2.75) is 13.3 Å². The fourth-order valence-corrected chi connectivity index (χ4v) is 1.81. The summed E-state index contributed by atoms with van der Waals surface area (Å²) in [7, 11) is 2.07. The quantitative estimate of drug-likeness (QED) is 0.773. The second-order valence-corrected chi connectivity index (χ2v) is 3.97. The first-order chi connectivity index (χ1) is 7.83. The van der Waals surface area contributed by atoms with Crippen LogP contribution < -0.4 is 4.74 Å². The van der Waals surface area contributed by atoms with Crippen molar-refractivity contribution in [3.05, 3.63) is 29.8 Å². The van der Waals surface area contributed by atoms with Gasteiger partial charge in [0, 0.05) is 13.6 Å². The van der Waals surface area contributed by atoms with Crippen LogP contribution in [0.2, 0.25) is 0 Å². The van der Waals surface area contributed by atoms with Crippen molar-refractivity contribution in [2.24, 2.45) is 4.99 Å². The van der Waals surface area contributed by atoms with Gasteiger partial charge in [0.15, 0.2) is 0 Å². The number of likely N-dealkylation sites (N-methyl/N-ethyl adjacent to an activating group) is 1. The highest BCUT2D eigenvalue weighted by atomic mass is 16.5.